The van der Waals surface area contributed by atoms with Gasteiger partial charge in [-0.15, -0.1) is 0 Å². The van der Waals surface area contributed by atoms with Crippen molar-refractivity contribution in [1.29, 1.82) is 0 Å². The fourth-order valence-corrected chi connectivity index (χ4v) is 4.89. The minimum atomic E-state index is -2.34. The van der Waals surface area contributed by atoms with E-state index in [9.17, 15) is 0 Å². The predicted molar refractivity (Wildman–Crippen MR) is 129 cm³/mol. The van der Waals surface area contributed by atoms with E-state index in [1.54, 1.807) is 18.3 Å². The van der Waals surface area contributed by atoms with Gasteiger partial charge in [0.25, 0.3) is 0 Å². The molecule has 0 N–H and O–H groups in total. The molecule has 0 spiro atoms. The largest absolute Gasteiger partial charge is 0.456 e. The second-order valence-electron chi connectivity index (χ2n) is 10.7. The van der Waals surface area contributed by atoms with Crippen LogP contribution in [0.5, 0.6) is 0 Å². The molecule has 160 valence electrons. The van der Waals surface area contributed by atoms with Gasteiger partial charge in [0, 0.05) is 46.6 Å². The van der Waals surface area contributed by atoms with Crippen molar-refractivity contribution in [3.05, 3.63) is 59.0 Å². The maximum absolute atomic E-state index is 8.78. The van der Waals surface area contributed by atoms with Crippen LogP contribution in [-0.2, 0) is 17.2 Å². The van der Waals surface area contributed by atoms with Crippen molar-refractivity contribution in [3.63, 3.8) is 0 Å². The second-order valence-corrected chi connectivity index (χ2v) is 10.7. The third kappa shape index (κ3) is 2.86. The minimum Gasteiger partial charge on any atom is -0.456 e. The molecule has 3 heterocycles. The molecule has 0 radical (unpaired) electrons. The normalized spacial score (nSPS) is 20.3. The standard InChI is InChI=1S/C28H32N2O/c1-16-13-21-23-22-20(31-21)10-9-18(19-14-17(11-12-29-19)15-26(2,3)4)24(22)27(5,6)28(7,8)25(23)30-16/h9-14H,15H2,1-8H3/i1D3,15D2. The summed E-state index contributed by atoms with van der Waals surface area (Å²) < 4.78 is 47.6. The first-order valence-electron chi connectivity index (χ1n) is 13.3. The number of aryl methyl sites for hydroxylation is 1. The van der Waals surface area contributed by atoms with Crippen LogP contribution in [0.4, 0.5) is 0 Å². The van der Waals surface area contributed by atoms with Gasteiger partial charge < -0.3 is 4.42 Å². The smallest absolute Gasteiger partial charge is 0.139 e. The van der Waals surface area contributed by atoms with E-state index in [-0.39, 0.29) is 5.69 Å². The molecule has 1 aliphatic carbocycles. The summed E-state index contributed by atoms with van der Waals surface area (Å²) in [6.07, 6.45) is 0.126. The van der Waals surface area contributed by atoms with Crippen molar-refractivity contribution in [2.24, 2.45) is 5.41 Å². The summed E-state index contributed by atoms with van der Waals surface area (Å²) in [5.41, 5.74) is 3.65. The highest BCUT2D eigenvalue weighted by Gasteiger charge is 2.48. The topological polar surface area (TPSA) is 38.9 Å². The fraction of sp³-hybridized carbons (Fsp3) is 0.429. The third-order valence-electron chi connectivity index (χ3n) is 6.96. The maximum atomic E-state index is 8.78. The van der Waals surface area contributed by atoms with Crippen molar-refractivity contribution >= 4 is 21.9 Å². The van der Waals surface area contributed by atoms with E-state index in [0.29, 0.717) is 22.4 Å². The molecule has 3 aromatic heterocycles. The van der Waals surface area contributed by atoms with Gasteiger partial charge >= 0.3 is 0 Å². The molecule has 4 aromatic rings. The molecule has 1 aromatic carbocycles. The molecule has 0 saturated carbocycles. The van der Waals surface area contributed by atoms with Gasteiger partial charge in [0.1, 0.15) is 11.2 Å². The van der Waals surface area contributed by atoms with Crippen molar-refractivity contribution < 1.29 is 11.3 Å². The van der Waals surface area contributed by atoms with Crippen LogP contribution in [0, 0.1) is 12.3 Å². The summed E-state index contributed by atoms with van der Waals surface area (Å²) in [4.78, 5) is 9.37. The molecule has 1 aliphatic rings. The number of benzene rings is 1. The molecule has 5 rings (SSSR count). The fourth-order valence-electron chi connectivity index (χ4n) is 4.89. The lowest BCUT2D eigenvalue weighted by molar-refractivity contribution is 0.297. The Balaban J connectivity index is 1.87. The Morgan fingerprint density at radius 3 is 2.48 bits per heavy atom. The number of nitrogens with zero attached hydrogens (tertiary/aromatic N) is 2. The highest BCUT2D eigenvalue weighted by atomic mass is 16.3. The Morgan fingerprint density at radius 2 is 1.77 bits per heavy atom. The van der Waals surface area contributed by atoms with Gasteiger partial charge in [-0.1, -0.05) is 48.5 Å². The van der Waals surface area contributed by atoms with Gasteiger partial charge in [-0.05, 0) is 54.0 Å². The van der Waals surface area contributed by atoms with Crippen molar-refractivity contribution in [3.8, 4) is 11.3 Å². The van der Waals surface area contributed by atoms with Crippen LogP contribution in [-0.4, -0.2) is 9.97 Å². The first kappa shape index (κ1) is 15.2. The molecule has 0 atom stereocenters. The highest BCUT2D eigenvalue weighted by molar-refractivity contribution is 6.12. The van der Waals surface area contributed by atoms with E-state index in [4.69, 9.17) is 16.3 Å². The quantitative estimate of drug-likeness (QED) is 0.339. The number of aromatic nitrogens is 2. The molecule has 31 heavy (non-hydrogen) atoms. The van der Waals surface area contributed by atoms with Crippen molar-refractivity contribution in [1.82, 2.24) is 9.97 Å². The summed E-state index contributed by atoms with van der Waals surface area (Å²) in [5, 5.41) is 1.78. The average Bonchev–Trinajstić information content (AvgIpc) is 3.14. The Morgan fingerprint density at radius 1 is 1.00 bits per heavy atom. The summed E-state index contributed by atoms with van der Waals surface area (Å²) in [5.74, 6) is 0. The third-order valence-corrected chi connectivity index (χ3v) is 6.96. The van der Waals surface area contributed by atoms with E-state index in [2.05, 4.69) is 32.7 Å². The lowest BCUT2D eigenvalue weighted by Gasteiger charge is -2.46. The van der Waals surface area contributed by atoms with Gasteiger partial charge in [0.05, 0.1) is 16.8 Å². The number of hydrogen-bond donors (Lipinski definition) is 0. The molecule has 0 aliphatic heterocycles. The lowest BCUT2D eigenvalue weighted by Crippen LogP contribution is -2.43. The van der Waals surface area contributed by atoms with E-state index in [1.807, 2.05) is 39.0 Å². The van der Waals surface area contributed by atoms with Gasteiger partial charge in [0.2, 0.25) is 0 Å². The Kier molecular flexibility index (Phi) is 3.03. The van der Waals surface area contributed by atoms with Crippen LogP contribution in [0.3, 0.4) is 0 Å². The van der Waals surface area contributed by atoms with Gasteiger partial charge in [-0.3, -0.25) is 9.97 Å². The SMILES string of the molecule is [2H]C([2H])([2H])c1cc2oc3ccc(-c4cc(C([2H])([2H])C(C)(C)C)ccn4)c4c3c2c(n1)C(C)(C)C4(C)C. The molecule has 0 saturated heterocycles. The number of pyridine rings is 2. The zero-order valence-corrected chi connectivity index (χ0v) is 19.3. The molecule has 0 fully saturated rings. The van der Waals surface area contributed by atoms with Crippen LogP contribution in [0.1, 0.15) is 77.8 Å². The van der Waals surface area contributed by atoms with Crippen LogP contribution in [0.15, 0.2) is 40.9 Å². The van der Waals surface area contributed by atoms with Gasteiger partial charge in [0.15, 0.2) is 0 Å². The van der Waals surface area contributed by atoms with Crippen LogP contribution >= 0.6 is 0 Å². The Hall–Kier alpha value is -2.68. The van der Waals surface area contributed by atoms with E-state index in [0.717, 1.165) is 27.6 Å². The monoisotopic (exact) mass is 417 g/mol. The van der Waals surface area contributed by atoms with E-state index >= 15 is 0 Å². The van der Waals surface area contributed by atoms with Gasteiger partial charge in [-0.2, -0.15) is 0 Å². The zero-order valence-electron chi connectivity index (χ0n) is 24.3. The Bertz CT molecular complexity index is 1540. The molecule has 0 unspecified atom stereocenters. The lowest BCUT2D eigenvalue weighted by atomic mass is 9.57. The first-order valence-corrected chi connectivity index (χ1v) is 10.8. The molecular weight excluding hydrogens is 380 g/mol. The van der Waals surface area contributed by atoms with Crippen molar-refractivity contribution in [2.75, 3.05) is 0 Å². The van der Waals surface area contributed by atoms with Crippen LogP contribution in [0.25, 0.3) is 33.2 Å². The Labute approximate surface area is 191 Å². The maximum Gasteiger partial charge on any atom is 0.139 e. The van der Waals surface area contributed by atoms with E-state index in [1.165, 1.54) is 0 Å². The van der Waals surface area contributed by atoms with Crippen LogP contribution < -0.4 is 0 Å². The van der Waals surface area contributed by atoms with Crippen LogP contribution in [0.2, 0.25) is 0 Å². The number of furan rings is 1. The summed E-state index contributed by atoms with van der Waals surface area (Å²) in [7, 11) is 0. The second kappa shape index (κ2) is 6.18. The molecular formula is C28H32N2O. The van der Waals surface area contributed by atoms with Gasteiger partial charge in [-0.25, -0.2) is 0 Å². The first-order chi connectivity index (χ1) is 16.4. The number of rotatable bonds is 2. The summed E-state index contributed by atoms with van der Waals surface area (Å²) >= 11 is 0. The average molecular weight is 418 g/mol. The zero-order chi connectivity index (χ0) is 26.6. The predicted octanol–water partition coefficient (Wildman–Crippen LogP) is 7.51. The molecule has 3 nitrogen and oxygen atoms in total. The number of hydrogen-bond acceptors (Lipinski definition) is 3. The highest BCUT2D eigenvalue weighted by Crippen LogP contribution is 2.56. The van der Waals surface area contributed by atoms with Crippen molar-refractivity contribution in [2.45, 2.75) is 72.5 Å². The summed E-state index contributed by atoms with van der Waals surface area (Å²) in [6, 6.07) is 9.03. The summed E-state index contributed by atoms with van der Waals surface area (Å²) in [6.45, 7) is 11.8. The molecule has 3 heteroatoms. The van der Waals surface area contributed by atoms with E-state index < -0.39 is 29.5 Å². The molecule has 0 bridgehead atoms. The molecule has 0 amide bonds. The minimum absolute atomic E-state index is 0.0374.